The Morgan fingerprint density at radius 1 is 1.21 bits per heavy atom. The fraction of sp³-hybridized carbons (Fsp3) is 0.368. The van der Waals surface area contributed by atoms with Crippen molar-refractivity contribution in [3.8, 4) is 0 Å². The SMILES string of the molecule is CCCCCCc1ccc(NC(=O)c2cc(C)c(F)nc2N)cc1. The van der Waals surface area contributed by atoms with Crippen molar-refractivity contribution in [3.63, 3.8) is 0 Å². The van der Waals surface area contributed by atoms with E-state index in [9.17, 15) is 9.18 Å². The molecule has 5 heteroatoms. The van der Waals surface area contributed by atoms with Gasteiger partial charge in [0, 0.05) is 11.3 Å². The molecule has 0 aliphatic heterocycles. The maximum absolute atomic E-state index is 13.3. The Hall–Kier alpha value is -2.43. The summed E-state index contributed by atoms with van der Waals surface area (Å²) in [6.07, 6.45) is 5.95. The normalized spacial score (nSPS) is 10.6. The zero-order chi connectivity index (χ0) is 17.5. The van der Waals surface area contributed by atoms with Crippen LogP contribution in [0.1, 0.15) is 54.1 Å². The fourth-order valence-electron chi connectivity index (χ4n) is 2.50. The smallest absolute Gasteiger partial charge is 0.259 e. The molecule has 0 fully saturated rings. The Balaban J connectivity index is 1.98. The lowest BCUT2D eigenvalue weighted by Crippen LogP contribution is -2.16. The van der Waals surface area contributed by atoms with E-state index in [4.69, 9.17) is 5.73 Å². The summed E-state index contributed by atoms with van der Waals surface area (Å²) in [5, 5.41) is 2.77. The Bertz CT molecular complexity index is 699. The van der Waals surface area contributed by atoms with Gasteiger partial charge in [-0.2, -0.15) is 4.39 Å². The summed E-state index contributed by atoms with van der Waals surface area (Å²) in [7, 11) is 0. The molecule has 1 aromatic heterocycles. The highest BCUT2D eigenvalue weighted by Crippen LogP contribution is 2.17. The molecular weight excluding hydrogens is 305 g/mol. The Labute approximate surface area is 142 Å². The monoisotopic (exact) mass is 329 g/mol. The summed E-state index contributed by atoms with van der Waals surface area (Å²) in [5.74, 6) is -1.15. The van der Waals surface area contributed by atoms with Gasteiger partial charge in [-0.1, -0.05) is 38.3 Å². The molecular formula is C19H24FN3O. The van der Waals surface area contributed by atoms with Gasteiger partial charge in [0.05, 0.1) is 5.56 Å². The van der Waals surface area contributed by atoms with E-state index in [2.05, 4.69) is 17.2 Å². The summed E-state index contributed by atoms with van der Waals surface area (Å²) < 4.78 is 13.3. The molecule has 24 heavy (non-hydrogen) atoms. The van der Waals surface area contributed by atoms with Crippen molar-refractivity contribution in [1.82, 2.24) is 4.98 Å². The van der Waals surface area contributed by atoms with Crippen LogP contribution in [-0.2, 0) is 6.42 Å². The third-order valence-electron chi connectivity index (χ3n) is 3.96. The van der Waals surface area contributed by atoms with Crippen molar-refractivity contribution in [2.24, 2.45) is 0 Å². The standard InChI is InChI=1S/C19H24FN3O/c1-3-4-5-6-7-14-8-10-15(11-9-14)22-19(24)16-12-13(2)17(20)23-18(16)21/h8-12H,3-7H2,1-2H3,(H2,21,23)(H,22,24). The van der Waals surface area contributed by atoms with E-state index in [0.717, 1.165) is 6.42 Å². The van der Waals surface area contributed by atoms with E-state index in [0.29, 0.717) is 5.69 Å². The van der Waals surface area contributed by atoms with Crippen molar-refractivity contribution >= 4 is 17.4 Å². The number of halogens is 1. The fourth-order valence-corrected chi connectivity index (χ4v) is 2.50. The van der Waals surface area contributed by atoms with Gasteiger partial charge < -0.3 is 11.1 Å². The van der Waals surface area contributed by atoms with E-state index >= 15 is 0 Å². The largest absolute Gasteiger partial charge is 0.383 e. The summed E-state index contributed by atoms with van der Waals surface area (Å²) in [4.78, 5) is 15.8. The minimum absolute atomic E-state index is 0.108. The number of unbranched alkanes of at least 4 members (excludes halogenated alkanes) is 3. The van der Waals surface area contributed by atoms with Crippen LogP contribution in [0.4, 0.5) is 15.9 Å². The molecule has 2 rings (SSSR count). The van der Waals surface area contributed by atoms with Gasteiger partial charge in [0.25, 0.3) is 5.91 Å². The van der Waals surface area contributed by atoms with E-state index in [1.165, 1.54) is 37.3 Å². The number of aromatic nitrogens is 1. The molecule has 0 saturated heterocycles. The van der Waals surface area contributed by atoms with Gasteiger partial charge in [0.2, 0.25) is 5.95 Å². The Kier molecular flexibility index (Phi) is 6.29. The molecule has 1 heterocycles. The summed E-state index contributed by atoms with van der Waals surface area (Å²) in [6.45, 7) is 3.74. The molecule has 0 aliphatic carbocycles. The molecule has 128 valence electrons. The second-order valence-corrected chi connectivity index (χ2v) is 5.99. The van der Waals surface area contributed by atoms with Gasteiger partial charge in [0.15, 0.2) is 0 Å². The molecule has 0 unspecified atom stereocenters. The molecule has 0 bridgehead atoms. The summed E-state index contributed by atoms with van der Waals surface area (Å²) in [5.41, 5.74) is 8.04. The maximum atomic E-state index is 13.3. The number of hydrogen-bond acceptors (Lipinski definition) is 3. The van der Waals surface area contributed by atoms with Gasteiger partial charge in [0.1, 0.15) is 5.82 Å². The van der Waals surface area contributed by atoms with Gasteiger partial charge in [-0.25, -0.2) is 4.98 Å². The first-order chi connectivity index (χ1) is 11.5. The lowest BCUT2D eigenvalue weighted by Gasteiger charge is -2.09. The summed E-state index contributed by atoms with van der Waals surface area (Å²) >= 11 is 0. The van der Waals surface area contributed by atoms with Crippen LogP contribution in [-0.4, -0.2) is 10.9 Å². The molecule has 0 atom stereocenters. The first kappa shape index (κ1) is 17.9. The van der Waals surface area contributed by atoms with Crippen LogP contribution in [0.2, 0.25) is 0 Å². The summed E-state index contributed by atoms with van der Waals surface area (Å²) in [6, 6.07) is 9.17. The van der Waals surface area contributed by atoms with Crippen LogP contribution in [0.15, 0.2) is 30.3 Å². The highest BCUT2D eigenvalue weighted by atomic mass is 19.1. The predicted octanol–water partition coefficient (Wildman–Crippen LogP) is 4.49. The molecule has 0 aliphatic rings. The van der Waals surface area contributed by atoms with E-state index < -0.39 is 11.9 Å². The number of benzene rings is 1. The first-order valence-corrected chi connectivity index (χ1v) is 8.34. The van der Waals surface area contributed by atoms with Crippen LogP contribution in [0.25, 0.3) is 0 Å². The van der Waals surface area contributed by atoms with Crippen molar-refractivity contribution < 1.29 is 9.18 Å². The lowest BCUT2D eigenvalue weighted by atomic mass is 10.1. The quantitative estimate of drug-likeness (QED) is 0.581. The number of nitrogens with one attached hydrogen (secondary N) is 1. The topological polar surface area (TPSA) is 68.0 Å². The third-order valence-corrected chi connectivity index (χ3v) is 3.96. The lowest BCUT2D eigenvalue weighted by molar-refractivity contribution is 0.102. The molecule has 0 spiro atoms. The zero-order valence-electron chi connectivity index (χ0n) is 14.2. The zero-order valence-corrected chi connectivity index (χ0v) is 14.2. The van der Waals surface area contributed by atoms with E-state index in [-0.39, 0.29) is 16.9 Å². The van der Waals surface area contributed by atoms with Gasteiger partial charge in [-0.15, -0.1) is 0 Å². The number of rotatable bonds is 7. The van der Waals surface area contributed by atoms with Crippen molar-refractivity contribution in [2.75, 3.05) is 11.1 Å². The number of amides is 1. The molecule has 2 aromatic rings. The van der Waals surface area contributed by atoms with Crippen LogP contribution < -0.4 is 11.1 Å². The first-order valence-electron chi connectivity index (χ1n) is 8.34. The third kappa shape index (κ3) is 4.78. The van der Waals surface area contributed by atoms with Gasteiger partial charge in [-0.05, 0) is 43.5 Å². The van der Waals surface area contributed by atoms with Crippen molar-refractivity contribution in [2.45, 2.75) is 46.0 Å². The molecule has 3 N–H and O–H groups in total. The molecule has 0 radical (unpaired) electrons. The number of anilines is 2. The number of nitrogen functional groups attached to an aromatic ring is 1. The Morgan fingerprint density at radius 2 is 1.92 bits per heavy atom. The number of hydrogen-bond donors (Lipinski definition) is 2. The second-order valence-electron chi connectivity index (χ2n) is 5.99. The maximum Gasteiger partial charge on any atom is 0.259 e. The van der Waals surface area contributed by atoms with Crippen LogP contribution in [0.3, 0.4) is 0 Å². The minimum Gasteiger partial charge on any atom is -0.383 e. The average Bonchev–Trinajstić information content (AvgIpc) is 2.56. The number of pyridine rings is 1. The minimum atomic E-state index is -0.656. The van der Waals surface area contributed by atoms with Crippen molar-refractivity contribution in [1.29, 1.82) is 0 Å². The van der Waals surface area contributed by atoms with Crippen LogP contribution in [0.5, 0.6) is 0 Å². The molecule has 1 amide bonds. The molecule has 0 saturated carbocycles. The Morgan fingerprint density at radius 3 is 2.58 bits per heavy atom. The molecule has 1 aromatic carbocycles. The number of aryl methyl sites for hydroxylation is 2. The predicted molar refractivity (Wildman–Crippen MR) is 95.6 cm³/mol. The number of nitrogens with two attached hydrogens (primary N) is 1. The van der Waals surface area contributed by atoms with E-state index in [1.807, 2.05) is 24.3 Å². The van der Waals surface area contributed by atoms with E-state index in [1.54, 1.807) is 6.92 Å². The average molecular weight is 329 g/mol. The highest BCUT2D eigenvalue weighted by Gasteiger charge is 2.14. The number of carbonyl (C=O) groups is 1. The molecule has 4 nitrogen and oxygen atoms in total. The van der Waals surface area contributed by atoms with Crippen molar-refractivity contribution in [3.05, 3.63) is 53.0 Å². The van der Waals surface area contributed by atoms with Crippen LogP contribution in [0, 0.1) is 12.9 Å². The second kappa shape index (κ2) is 8.43. The van der Waals surface area contributed by atoms with Gasteiger partial charge in [-0.3, -0.25) is 4.79 Å². The van der Waals surface area contributed by atoms with Gasteiger partial charge >= 0.3 is 0 Å². The number of carbonyl (C=O) groups excluding carboxylic acids is 1. The number of nitrogens with zero attached hydrogens (tertiary/aromatic N) is 1. The van der Waals surface area contributed by atoms with Crippen LogP contribution >= 0.6 is 0 Å². The highest BCUT2D eigenvalue weighted by molar-refractivity contribution is 6.07.